The Kier molecular flexibility index (Phi) is 4.27. The third-order valence-corrected chi connectivity index (χ3v) is 3.93. The maximum Gasteiger partial charge on any atom is 0.416 e. The van der Waals surface area contributed by atoms with E-state index in [1.54, 1.807) is 24.3 Å². The average molecular weight is 375 g/mol. The summed E-state index contributed by atoms with van der Waals surface area (Å²) in [5.74, 6) is 1.18. The zero-order valence-electron chi connectivity index (χ0n) is 13.7. The van der Waals surface area contributed by atoms with Crippen LogP contribution in [0.25, 0.3) is 11.5 Å². The van der Waals surface area contributed by atoms with Crippen LogP contribution >= 0.6 is 0 Å². The van der Waals surface area contributed by atoms with Crippen molar-refractivity contribution in [1.82, 2.24) is 10.2 Å². The van der Waals surface area contributed by atoms with E-state index in [1.807, 2.05) is 0 Å². The highest BCUT2D eigenvalue weighted by Gasteiger charge is 2.31. The van der Waals surface area contributed by atoms with Crippen molar-refractivity contribution in [2.24, 2.45) is 5.16 Å². The molecule has 0 fully saturated rings. The topological polar surface area (TPSA) is 69.7 Å². The van der Waals surface area contributed by atoms with Crippen LogP contribution in [0.3, 0.4) is 0 Å². The van der Waals surface area contributed by atoms with Crippen molar-refractivity contribution in [3.63, 3.8) is 0 Å². The lowest BCUT2D eigenvalue weighted by atomic mass is 10.0. The van der Waals surface area contributed by atoms with Crippen LogP contribution in [-0.2, 0) is 11.0 Å². The number of oxime groups is 1. The quantitative estimate of drug-likeness (QED) is 0.669. The molecule has 2 aromatic carbocycles. The summed E-state index contributed by atoms with van der Waals surface area (Å²) in [5.41, 5.74) is 0.563. The molecule has 0 aliphatic carbocycles. The van der Waals surface area contributed by atoms with Crippen LogP contribution in [0.15, 0.2) is 64.5 Å². The Labute approximate surface area is 151 Å². The van der Waals surface area contributed by atoms with Crippen LogP contribution < -0.4 is 4.74 Å². The molecule has 27 heavy (non-hydrogen) atoms. The summed E-state index contributed by atoms with van der Waals surface area (Å²) in [6.45, 7) is 0. The second-order valence-corrected chi connectivity index (χ2v) is 5.78. The summed E-state index contributed by atoms with van der Waals surface area (Å²) >= 11 is 0. The third-order valence-electron chi connectivity index (χ3n) is 3.93. The molecule has 1 aliphatic rings. The van der Waals surface area contributed by atoms with E-state index in [-0.39, 0.29) is 0 Å². The van der Waals surface area contributed by atoms with E-state index in [0.717, 1.165) is 12.1 Å². The van der Waals surface area contributed by atoms with Gasteiger partial charge in [0, 0.05) is 5.56 Å². The number of aromatic nitrogens is 2. The van der Waals surface area contributed by atoms with E-state index in [0.29, 0.717) is 35.1 Å². The molecule has 2 heterocycles. The fourth-order valence-electron chi connectivity index (χ4n) is 2.61. The molecule has 0 radical (unpaired) electrons. The number of ether oxygens (including phenoxy) is 1. The van der Waals surface area contributed by atoms with Gasteiger partial charge in [0.1, 0.15) is 5.75 Å². The summed E-state index contributed by atoms with van der Waals surface area (Å²) in [7, 11) is 0. The lowest BCUT2D eigenvalue weighted by Crippen LogP contribution is -2.08. The van der Waals surface area contributed by atoms with Gasteiger partial charge in [-0.3, -0.25) is 0 Å². The molecule has 0 unspecified atom stereocenters. The Balaban J connectivity index is 1.42. The van der Waals surface area contributed by atoms with Crippen LogP contribution in [0, 0.1) is 0 Å². The van der Waals surface area contributed by atoms with Crippen molar-refractivity contribution in [2.75, 3.05) is 0 Å². The lowest BCUT2D eigenvalue weighted by Gasteiger charge is -2.11. The van der Waals surface area contributed by atoms with E-state index >= 15 is 0 Å². The van der Waals surface area contributed by atoms with Crippen molar-refractivity contribution >= 4 is 5.90 Å². The molecule has 0 spiro atoms. The molecule has 3 aromatic rings. The molecule has 1 aromatic heterocycles. The maximum atomic E-state index is 12.6. The summed E-state index contributed by atoms with van der Waals surface area (Å²) in [6, 6.07) is 11.8. The van der Waals surface area contributed by atoms with Gasteiger partial charge in [-0.25, -0.2) is 0 Å². The summed E-state index contributed by atoms with van der Waals surface area (Å²) in [6.07, 6.45) is -3.34. The minimum atomic E-state index is -4.37. The van der Waals surface area contributed by atoms with Gasteiger partial charge in [-0.15, -0.1) is 10.2 Å². The third kappa shape index (κ3) is 3.76. The molecule has 4 rings (SSSR count). The van der Waals surface area contributed by atoms with Crippen molar-refractivity contribution in [1.29, 1.82) is 0 Å². The van der Waals surface area contributed by atoms with Gasteiger partial charge in [0.2, 0.25) is 18.2 Å². The van der Waals surface area contributed by atoms with Crippen LogP contribution in [0.2, 0.25) is 0 Å². The molecule has 0 amide bonds. The standard InChI is InChI=1S/C18H12F3N3O3/c19-18(20,21)13-6-4-11(5-7-13)15-9-16(24-27-15)26-14-3-1-2-12(8-14)17-23-22-10-25-17/h1-8,10,15H,9H2/t15-/m1/s1. The number of halogens is 3. The molecule has 0 N–H and O–H groups in total. The maximum absolute atomic E-state index is 12.6. The van der Waals surface area contributed by atoms with Crippen LogP contribution in [0.4, 0.5) is 13.2 Å². The van der Waals surface area contributed by atoms with Gasteiger partial charge in [0.25, 0.3) is 0 Å². The highest BCUT2D eigenvalue weighted by molar-refractivity contribution is 5.80. The minimum Gasteiger partial charge on any atom is -0.440 e. The SMILES string of the molecule is FC(F)(F)c1ccc([C@H]2CC(Oc3cccc(-c4nnco4)c3)=NO2)cc1. The molecule has 0 saturated heterocycles. The number of hydrogen-bond acceptors (Lipinski definition) is 6. The second-order valence-electron chi connectivity index (χ2n) is 5.78. The molecule has 9 heteroatoms. The lowest BCUT2D eigenvalue weighted by molar-refractivity contribution is -0.137. The number of hydrogen-bond donors (Lipinski definition) is 0. The first-order valence-corrected chi connectivity index (χ1v) is 7.93. The first-order valence-electron chi connectivity index (χ1n) is 7.93. The van der Waals surface area contributed by atoms with Gasteiger partial charge < -0.3 is 14.0 Å². The Morgan fingerprint density at radius 3 is 2.59 bits per heavy atom. The fraction of sp³-hybridized carbons (Fsp3) is 0.167. The smallest absolute Gasteiger partial charge is 0.416 e. The zero-order chi connectivity index (χ0) is 18.9. The molecular formula is C18H12F3N3O3. The first kappa shape index (κ1) is 17.1. The van der Waals surface area contributed by atoms with Gasteiger partial charge in [0.05, 0.1) is 12.0 Å². The number of benzene rings is 2. The zero-order valence-corrected chi connectivity index (χ0v) is 13.7. The van der Waals surface area contributed by atoms with Gasteiger partial charge in [0.15, 0.2) is 6.10 Å². The normalized spacial score (nSPS) is 16.7. The Bertz CT molecular complexity index is 954. The van der Waals surface area contributed by atoms with Gasteiger partial charge in [-0.05, 0) is 35.9 Å². The van der Waals surface area contributed by atoms with E-state index in [1.165, 1.54) is 18.5 Å². The van der Waals surface area contributed by atoms with Crippen LogP contribution in [0.5, 0.6) is 5.75 Å². The van der Waals surface area contributed by atoms with Crippen molar-refractivity contribution in [3.05, 3.63) is 66.1 Å². The van der Waals surface area contributed by atoms with Crippen LogP contribution in [-0.4, -0.2) is 16.1 Å². The predicted octanol–water partition coefficient (Wildman–Crippen LogP) is 4.61. The highest BCUT2D eigenvalue weighted by atomic mass is 19.4. The van der Waals surface area contributed by atoms with Gasteiger partial charge >= 0.3 is 6.18 Å². The Morgan fingerprint density at radius 1 is 1.07 bits per heavy atom. The molecule has 1 atom stereocenters. The highest BCUT2D eigenvalue weighted by Crippen LogP contribution is 2.33. The summed E-state index contributed by atoms with van der Waals surface area (Å²) in [5, 5.41) is 11.3. The summed E-state index contributed by atoms with van der Waals surface area (Å²) < 4.78 is 48.8. The molecular weight excluding hydrogens is 363 g/mol. The first-order chi connectivity index (χ1) is 13.0. The van der Waals surface area contributed by atoms with E-state index in [4.69, 9.17) is 14.0 Å². The fourth-order valence-corrected chi connectivity index (χ4v) is 2.61. The van der Waals surface area contributed by atoms with Crippen molar-refractivity contribution < 1.29 is 27.2 Å². The largest absolute Gasteiger partial charge is 0.440 e. The molecule has 0 bridgehead atoms. The van der Waals surface area contributed by atoms with Gasteiger partial charge in [-0.2, -0.15) is 13.2 Å². The number of alkyl halides is 3. The minimum absolute atomic E-state index is 0.302. The van der Waals surface area contributed by atoms with Crippen molar-refractivity contribution in [3.8, 4) is 17.2 Å². The number of rotatable bonds is 3. The predicted molar refractivity (Wildman–Crippen MR) is 87.7 cm³/mol. The van der Waals surface area contributed by atoms with E-state index < -0.39 is 17.8 Å². The van der Waals surface area contributed by atoms with Crippen molar-refractivity contribution in [2.45, 2.75) is 18.7 Å². The van der Waals surface area contributed by atoms with E-state index in [2.05, 4.69) is 15.4 Å². The van der Waals surface area contributed by atoms with Crippen LogP contribution in [0.1, 0.15) is 23.7 Å². The molecule has 6 nitrogen and oxygen atoms in total. The van der Waals surface area contributed by atoms with Gasteiger partial charge in [-0.1, -0.05) is 23.4 Å². The Morgan fingerprint density at radius 2 is 1.89 bits per heavy atom. The molecule has 1 aliphatic heterocycles. The molecule has 138 valence electrons. The Hall–Kier alpha value is -3.36. The number of nitrogens with zero attached hydrogens (tertiary/aromatic N) is 3. The monoisotopic (exact) mass is 375 g/mol. The average Bonchev–Trinajstić information content (AvgIpc) is 3.33. The van der Waals surface area contributed by atoms with E-state index in [9.17, 15) is 13.2 Å². The summed E-state index contributed by atoms with van der Waals surface area (Å²) in [4.78, 5) is 5.29. The second kappa shape index (κ2) is 6.75. The molecule has 0 saturated carbocycles.